The van der Waals surface area contributed by atoms with Crippen LogP contribution < -0.4 is 0 Å². The number of rotatable bonds is 5. The van der Waals surface area contributed by atoms with Crippen molar-refractivity contribution in [3.63, 3.8) is 0 Å². The Balaban J connectivity index is 0. The molecular weight excluding hydrogens is 422 g/mol. The minimum atomic E-state index is -0.382. The number of hydrogen-bond donors (Lipinski definition) is 1. The summed E-state index contributed by atoms with van der Waals surface area (Å²) in [5.74, 6) is 2.23. The first-order valence-electron chi connectivity index (χ1n) is 13.2. The number of hydrogen-bond acceptors (Lipinski definition) is 3. The Hall–Kier alpha value is -1.29. The number of likely N-dealkylation sites (tertiary alicyclic amines) is 1. The summed E-state index contributed by atoms with van der Waals surface area (Å²) in [4.78, 5) is 13.7. The van der Waals surface area contributed by atoms with Crippen molar-refractivity contribution in [2.45, 2.75) is 114 Å². The van der Waals surface area contributed by atoms with Gasteiger partial charge < -0.3 is 14.7 Å². The summed E-state index contributed by atoms with van der Waals surface area (Å²) in [5, 5.41) is 8.42. The lowest BCUT2D eigenvalue weighted by atomic mass is 9.52. The molecule has 4 heteroatoms. The minimum Gasteiger partial charge on any atom is -0.444 e. The van der Waals surface area contributed by atoms with Crippen LogP contribution in [0.5, 0.6) is 0 Å². The van der Waals surface area contributed by atoms with Crippen LogP contribution in [0.25, 0.3) is 0 Å². The highest BCUT2D eigenvalue weighted by Crippen LogP contribution is 2.57. The van der Waals surface area contributed by atoms with E-state index in [1.54, 1.807) is 0 Å². The van der Waals surface area contributed by atoms with Crippen LogP contribution in [0.15, 0.2) is 25.3 Å². The molecule has 1 aliphatic heterocycles. The summed E-state index contributed by atoms with van der Waals surface area (Å²) in [6.07, 6.45) is 5.85. The Bertz CT molecular complexity index is 567. The van der Waals surface area contributed by atoms with Crippen LogP contribution in [-0.2, 0) is 4.74 Å². The largest absolute Gasteiger partial charge is 0.444 e. The number of amides is 1. The predicted octanol–water partition coefficient (Wildman–Crippen LogP) is 8.51. The first-order valence-corrected chi connectivity index (χ1v) is 13.2. The third kappa shape index (κ3) is 14.2. The van der Waals surface area contributed by atoms with Crippen molar-refractivity contribution >= 4 is 6.09 Å². The zero-order chi connectivity index (χ0) is 27.3. The average Bonchev–Trinajstić information content (AvgIpc) is 2.59. The second-order valence-electron chi connectivity index (χ2n) is 12.8. The molecule has 0 atom stereocenters. The molecule has 0 aromatic carbocycles. The summed E-state index contributed by atoms with van der Waals surface area (Å²) in [6, 6.07) is 0. The molecule has 2 rings (SSSR count). The standard InChI is InChI=1S/C15H27NO2.C7H14O.C6H14.C2H4/c1-13(2,3)11-7-15(8-11)9-16(10-15)12(17)18-14(4,5)6;1-6(2)7(3)4-5-8;1-4-5-6(2)3;1-2/h11H,7-10H2,1-6H3;6,8H,3-5H2,1-2H3;6H,4-5H2,1-3H3;1-2H2. The fourth-order valence-corrected chi connectivity index (χ4v) is 4.08. The van der Waals surface area contributed by atoms with E-state index in [9.17, 15) is 4.79 Å². The van der Waals surface area contributed by atoms with Gasteiger partial charge in [-0.05, 0) is 63.2 Å². The van der Waals surface area contributed by atoms with Crippen LogP contribution in [-0.4, -0.2) is 41.4 Å². The van der Waals surface area contributed by atoms with Crippen LogP contribution in [0.4, 0.5) is 4.79 Å². The summed E-state index contributed by atoms with van der Waals surface area (Å²) in [5.41, 5.74) is 1.59. The van der Waals surface area contributed by atoms with E-state index in [-0.39, 0.29) is 18.3 Å². The Morgan fingerprint density at radius 3 is 1.76 bits per heavy atom. The van der Waals surface area contributed by atoms with E-state index >= 15 is 0 Å². The molecule has 0 aromatic heterocycles. The molecule has 1 saturated heterocycles. The van der Waals surface area contributed by atoms with Crippen molar-refractivity contribution in [3.8, 4) is 0 Å². The maximum Gasteiger partial charge on any atom is 0.410 e. The molecule has 1 saturated carbocycles. The number of carbonyl (C=O) groups is 1. The van der Waals surface area contributed by atoms with Gasteiger partial charge in [-0.25, -0.2) is 4.79 Å². The smallest absolute Gasteiger partial charge is 0.410 e. The second-order valence-corrected chi connectivity index (χ2v) is 12.8. The van der Waals surface area contributed by atoms with Gasteiger partial charge in [0.1, 0.15) is 5.60 Å². The highest BCUT2D eigenvalue weighted by molar-refractivity contribution is 5.69. The normalized spacial score (nSPS) is 16.7. The Morgan fingerprint density at radius 1 is 1.06 bits per heavy atom. The zero-order valence-electron chi connectivity index (χ0n) is 24.7. The number of ether oxygens (including phenoxy) is 1. The number of aliphatic hydroxyl groups is 1. The Kier molecular flexibility index (Phi) is 16.1. The molecule has 2 aliphatic rings. The van der Waals surface area contributed by atoms with Gasteiger partial charge in [0.2, 0.25) is 0 Å². The highest BCUT2D eigenvalue weighted by atomic mass is 16.6. The molecule has 2 fully saturated rings. The van der Waals surface area contributed by atoms with Crippen molar-refractivity contribution < 1.29 is 14.6 Å². The quantitative estimate of drug-likeness (QED) is 0.400. The van der Waals surface area contributed by atoms with Crippen LogP contribution in [0.2, 0.25) is 0 Å². The van der Waals surface area contributed by atoms with Gasteiger partial charge >= 0.3 is 6.09 Å². The SMILES string of the molecule is C=C.C=C(CCO)C(C)C.CC(C)(C)OC(=O)N1CC2(CC(C(C)(C)C)C2)C1.CCCC(C)C. The predicted molar refractivity (Wildman–Crippen MR) is 149 cm³/mol. The monoisotopic (exact) mass is 481 g/mol. The molecule has 4 nitrogen and oxygen atoms in total. The van der Waals surface area contributed by atoms with Gasteiger partial charge in [0.25, 0.3) is 0 Å². The number of nitrogens with zero attached hydrogens (tertiary/aromatic N) is 1. The lowest BCUT2D eigenvalue weighted by Gasteiger charge is -2.61. The molecule has 0 aromatic rings. The molecule has 34 heavy (non-hydrogen) atoms. The van der Waals surface area contributed by atoms with Crippen molar-refractivity contribution in [3.05, 3.63) is 25.3 Å². The molecule has 0 radical (unpaired) electrons. The fourth-order valence-electron chi connectivity index (χ4n) is 4.08. The van der Waals surface area contributed by atoms with Gasteiger partial charge in [0.05, 0.1) is 0 Å². The highest BCUT2D eigenvalue weighted by Gasteiger charge is 2.56. The van der Waals surface area contributed by atoms with Gasteiger partial charge in [-0.15, -0.1) is 13.2 Å². The molecular formula is C30H59NO3. The van der Waals surface area contributed by atoms with Crippen LogP contribution in [0.3, 0.4) is 0 Å². The van der Waals surface area contributed by atoms with Crippen molar-refractivity contribution in [2.24, 2.45) is 28.6 Å². The molecule has 1 N–H and O–H groups in total. The van der Waals surface area contributed by atoms with Crippen molar-refractivity contribution in [1.29, 1.82) is 0 Å². The van der Waals surface area contributed by atoms with Crippen molar-refractivity contribution in [2.75, 3.05) is 19.7 Å². The molecule has 1 aliphatic carbocycles. The van der Waals surface area contributed by atoms with E-state index in [1.807, 2.05) is 25.7 Å². The molecule has 1 amide bonds. The second kappa shape index (κ2) is 15.7. The summed E-state index contributed by atoms with van der Waals surface area (Å²) < 4.78 is 5.38. The molecule has 1 spiro atoms. The van der Waals surface area contributed by atoms with Gasteiger partial charge in [0.15, 0.2) is 0 Å². The lowest BCUT2D eigenvalue weighted by Crippen LogP contribution is -2.65. The molecule has 0 bridgehead atoms. The maximum atomic E-state index is 11.9. The third-order valence-electron chi connectivity index (χ3n) is 6.40. The van der Waals surface area contributed by atoms with E-state index < -0.39 is 0 Å². The first kappa shape index (κ1) is 34.9. The summed E-state index contributed by atoms with van der Waals surface area (Å²) in [7, 11) is 0. The molecule has 202 valence electrons. The van der Waals surface area contributed by atoms with Crippen LogP contribution >= 0.6 is 0 Å². The number of aliphatic hydroxyl groups excluding tert-OH is 1. The van der Waals surface area contributed by atoms with E-state index in [2.05, 4.69) is 75.1 Å². The van der Waals surface area contributed by atoms with Gasteiger partial charge in [-0.2, -0.15) is 0 Å². The molecule has 0 unspecified atom stereocenters. The van der Waals surface area contributed by atoms with Gasteiger partial charge in [-0.1, -0.05) is 80.4 Å². The lowest BCUT2D eigenvalue weighted by molar-refractivity contribution is -0.119. The third-order valence-corrected chi connectivity index (χ3v) is 6.40. The van der Waals surface area contributed by atoms with E-state index in [0.717, 1.165) is 36.9 Å². The maximum absolute atomic E-state index is 11.9. The zero-order valence-corrected chi connectivity index (χ0v) is 24.7. The summed E-state index contributed by atoms with van der Waals surface area (Å²) in [6.45, 7) is 35.4. The minimum absolute atomic E-state index is 0.146. The van der Waals surface area contributed by atoms with E-state index in [1.165, 1.54) is 25.7 Å². The van der Waals surface area contributed by atoms with Gasteiger partial charge in [-0.3, -0.25) is 0 Å². The Labute approximate surface area is 213 Å². The Morgan fingerprint density at radius 2 is 1.53 bits per heavy atom. The molecule has 1 heterocycles. The van der Waals surface area contributed by atoms with E-state index in [0.29, 0.717) is 16.7 Å². The van der Waals surface area contributed by atoms with Gasteiger partial charge in [0, 0.05) is 25.1 Å². The summed E-state index contributed by atoms with van der Waals surface area (Å²) >= 11 is 0. The first-order chi connectivity index (χ1) is 15.5. The number of carbonyl (C=O) groups excluding carboxylic acids is 1. The van der Waals surface area contributed by atoms with Crippen LogP contribution in [0.1, 0.15) is 108 Å². The van der Waals surface area contributed by atoms with Crippen LogP contribution in [0, 0.1) is 28.6 Å². The average molecular weight is 482 g/mol. The van der Waals surface area contributed by atoms with E-state index in [4.69, 9.17) is 9.84 Å². The fraction of sp³-hybridized carbons (Fsp3) is 0.833. The van der Waals surface area contributed by atoms with Crippen molar-refractivity contribution in [1.82, 2.24) is 4.90 Å². The topological polar surface area (TPSA) is 49.8 Å².